The maximum atomic E-state index is 13.7. The Labute approximate surface area is 175 Å². The van der Waals surface area contributed by atoms with Crippen LogP contribution < -0.4 is 5.32 Å². The molecule has 0 aliphatic carbocycles. The average molecular weight is 425 g/mol. The Kier molecular flexibility index (Phi) is 5.18. The van der Waals surface area contributed by atoms with Crippen LogP contribution in [-0.2, 0) is 12.7 Å². The lowest BCUT2D eigenvalue weighted by atomic mass is 10.1. The number of hydrogen-bond donors (Lipinski definition) is 1. The van der Waals surface area contributed by atoms with Gasteiger partial charge in [0, 0.05) is 12.1 Å². The van der Waals surface area contributed by atoms with Crippen LogP contribution in [0.4, 0.5) is 13.2 Å². The number of benzene rings is 2. The molecule has 158 valence electrons. The van der Waals surface area contributed by atoms with Crippen LogP contribution in [0.1, 0.15) is 33.0 Å². The van der Waals surface area contributed by atoms with E-state index >= 15 is 0 Å². The van der Waals surface area contributed by atoms with Gasteiger partial charge < -0.3 is 5.32 Å². The fourth-order valence-corrected chi connectivity index (χ4v) is 3.10. The molecule has 6 nitrogen and oxygen atoms in total. The van der Waals surface area contributed by atoms with Crippen molar-refractivity contribution in [2.45, 2.75) is 26.6 Å². The molecule has 31 heavy (non-hydrogen) atoms. The lowest BCUT2D eigenvalue weighted by molar-refractivity contribution is -0.142. The summed E-state index contributed by atoms with van der Waals surface area (Å²) in [5.74, 6) is -1.36. The molecule has 0 spiro atoms. The van der Waals surface area contributed by atoms with Crippen molar-refractivity contribution in [3.05, 3.63) is 82.8 Å². The van der Waals surface area contributed by atoms with Gasteiger partial charge in [0.15, 0.2) is 5.69 Å². The number of fused-ring (bicyclic) bond motifs is 1. The van der Waals surface area contributed by atoms with Gasteiger partial charge in [0.25, 0.3) is 11.7 Å². The molecule has 4 aromatic rings. The smallest absolute Gasteiger partial charge is 0.345 e. The van der Waals surface area contributed by atoms with Gasteiger partial charge in [0.2, 0.25) is 5.82 Å². The molecule has 0 saturated carbocycles. The summed E-state index contributed by atoms with van der Waals surface area (Å²) in [6.07, 6.45) is -4.71. The van der Waals surface area contributed by atoms with Gasteiger partial charge in [-0.25, -0.2) is 4.98 Å². The summed E-state index contributed by atoms with van der Waals surface area (Å²) in [5.41, 5.74) is 2.38. The van der Waals surface area contributed by atoms with Gasteiger partial charge in [-0.05, 0) is 31.0 Å². The van der Waals surface area contributed by atoms with Gasteiger partial charge in [-0.15, -0.1) is 5.10 Å². The van der Waals surface area contributed by atoms with Crippen LogP contribution in [0.2, 0.25) is 0 Å². The van der Waals surface area contributed by atoms with Crippen molar-refractivity contribution >= 4 is 11.7 Å². The second-order valence-electron chi connectivity index (χ2n) is 7.15. The van der Waals surface area contributed by atoms with Crippen LogP contribution in [0.15, 0.2) is 54.6 Å². The van der Waals surface area contributed by atoms with E-state index < -0.39 is 17.8 Å². The van der Waals surface area contributed by atoms with Crippen molar-refractivity contribution in [1.82, 2.24) is 24.9 Å². The number of hydrogen-bond acceptors (Lipinski definition) is 4. The van der Waals surface area contributed by atoms with Crippen molar-refractivity contribution in [1.29, 1.82) is 0 Å². The molecule has 9 heteroatoms. The molecule has 0 aliphatic rings. The molecule has 0 radical (unpaired) electrons. The van der Waals surface area contributed by atoms with Crippen LogP contribution in [0.25, 0.3) is 17.0 Å². The first-order valence-electron chi connectivity index (χ1n) is 9.47. The number of nitrogens with one attached hydrogen (secondary N) is 1. The first-order chi connectivity index (χ1) is 14.7. The molecule has 0 unspecified atom stereocenters. The standard InChI is InChI=1S/C22H18F3N5O/c1-13-7-9-15(10-8-13)17-11-18(22(23,24)25)30-21(27-17)28-19(29-30)20(31)26-12-16-6-4-3-5-14(16)2/h3-11H,12H2,1-2H3,(H,26,31). The number of halogens is 3. The maximum Gasteiger partial charge on any atom is 0.433 e. The Morgan fingerprint density at radius 3 is 2.42 bits per heavy atom. The van der Waals surface area contributed by atoms with Crippen molar-refractivity contribution in [3.8, 4) is 11.3 Å². The minimum absolute atomic E-state index is 0.0964. The van der Waals surface area contributed by atoms with Crippen LogP contribution in [0.5, 0.6) is 0 Å². The fraction of sp³-hybridized carbons (Fsp3) is 0.182. The zero-order valence-corrected chi connectivity index (χ0v) is 16.7. The fourth-order valence-electron chi connectivity index (χ4n) is 3.10. The summed E-state index contributed by atoms with van der Waals surface area (Å²) in [4.78, 5) is 20.6. The summed E-state index contributed by atoms with van der Waals surface area (Å²) < 4.78 is 41.6. The summed E-state index contributed by atoms with van der Waals surface area (Å²) in [5, 5.41) is 6.42. The summed E-state index contributed by atoms with van der Waals surface area (Å²) >= 11 is 0. The topological polar surface area (TPSA) is 72.2 Å². The molecule has 1 amide bonds. The number of carbonyl (C=O) groups excluding carboxylic acids is 1. The van der Waals surface area contributed by atoms with Crippen molar-refractivity contribution in [2.24, 2.45) is 0 Å². The third-order valence-electron chi connectivity index (χ3n) is 4.85. The molecule has 2 aromatic carbocycles. The third-order valence-corrected chi connectivity index (χ3v) is 4.85. The van der Waals surface area contributed by atoms with E-state index in [0.717, 1.165) is 22.8 Å². The number of amides is 1. The summed E-state index contributed by atoms with van der Waals surface area (Å²) in [7, 11) is 0. The van der Waals surface area contributed by atoms with E-state index in [0.29, 0.717) is 10.1 Å². The Morgan fingerprint density at radius 2 is 1.74 bits per heavy atom. The van der Waals surface area contributed by atoms with Crippen molar-refractivity contribution in [3.63, 3.8) is 0 Å². The Hall–Kier alpha value is -3.75. The Morgan fingerprint density at radius 1 is 1.03 bits per heavy atom. The molecule has 2 aromatic heterocycles. The highest BCUT2D eigenvalue weighted by Crippen LogP contribution is 2.32. The van der Waals surface area contributed by atoms with Gasteiger partial charge in [-0.2, -0.15) is 22.7 Å². The van der Waals surface area contributed by atoms with Crippen molar-refractivity contribution in [2.75, 3.05) is 0 Å². The Balaban J connectivity index is 1.70. The van der Waals surface area contributed by atoms with Crippen LogP contribution in [0.3, 0.4) is 0 Å². The predicted molar refractivity (Wildman–Crippen MR) is 108 cm³/mol. The van der Waals surface area contributed by atoms with Crippen LogP contribution in [-0.4, -0.2) is 25.5 Å². The highest BCUT2D eigenvalue weighted by molar-refractivity contribution is 5.90. The molecule has 0 fully saturated rings. The molecule has 0 bridgehead atoms. The minimum atomic E-state index is -4.71. The molecule has 4 rings (SSSR count). The highest BCUT2D eigenvalue weighted by Gasteiger charge is 2.36. The van der Waals surface area contributed by atoms with Crippen LogP contribution >= 0.6 is 0 Å². The molecule has 0 aliphatic heterocycles. The lowest BCUT2D eigenvalue weighted by Crippen LogP contribution is -2.24. The number of nitrogens with zero attached hydrogens (tertiary/aromatic N) is 4. The third kappa shape index (κ3) is 4.25. The molecule has 2 heterocycles. The number of aromatic nitrogens is 4. The van der Waals surface area contributed by atoms with E-state index in [1.54, 1.807) is 24.3 Å². The zero-order valence-electron chi connectivity index (χ0n) is 16.7. The first kappa shape index (κ1) is 20.5. The van der Waals surface area contributed by atoms with Gasteiger partial charge in [0.05, 0.1) is 5.69 Å². The number of aryl methyl sites for hydroxylation is 2. The number of alkyl halides is 3. The van der Waals surface area contributed by atoms with Gasteiger partial charge >= 0.3 is 6.18 Å². The second-order valence-corrected chi connectivity index (χ2v) is 7.15. The molecule has 0 saturated heterocycles. The van der Waals surface area contributed by atoms with Gasteiger partial charge in [-0.1, -0.05) is 54.1 Å². The van der Waals surface area contributed by atoms with E-state index in [1.165, 1.54) is 0 Å². The summed E-state index contributed by atoms with van der Waals surface area (Å²) in [6.45, 7) is 3.98. The molecular formula is C22H18F3N5O. The van der Waals surface area contributed by atoms with Crippen molar-refractivity contribution < 1.29 is 18.0 Å². The van der Waals surface area contributed by atoms with Crippen LogP contribution in [0, 0.1) is 13.8 Å². The number of carbonyl (C=O) groups is 1. The molecule has 0 atom stereocenters. The molecular weight excluding hydrogens is 407 g/mol. The largest absolute Gasteiger partial charge is 0.433 e. The van der Waals surface area contributed by atoms with E-state index in [1.807, 2.05) is 38.1 Å². The maximum absolute atomic E-state index is 13.7. The quantitative estimate of drug-likeness (QED) is 0.528. The lowest BCUT2D eigenvalue weighted by Gasteiger charge is -2.10. The highest BCUT2D eigenvalue weighted by atomic mass is 19.4. The number of rotatable bonds is 4. The second kappa shape index (κ2) is 7.82. The first-order valence-corrected chi connectivity index (χ1v) is 9.47. The SMILES string of the molecule is Cc1ccc(-c2cc(C(F)(F)F)n3nc(C(=O)NCc4ccccc4C)nc3n2)cc1. The predicted octanol–water partition coefficient (Wildman–Crippen LogP) is 4.36. The van der Waals surface area contributed by atoms with E-state index in [4.69, 9.17) is 0 Å². The Bertz CT molecular complexity index is 1260. The van der Waals surface area contributed by atoms with E-state index in [9.17, 15) is 18.0 Å². The van der Waals surface area contributed by atoms with Gasteiger partial charge in [0.1, 0.15) is 0 Å². The molecule has 1 N–H and O–H groups in total. The zero-order chi connectivity index (χ0) is 22.2. The summed E-state index contributed by atoms with van der Waals surface area (Å²) in [6, 6.07) is 15.3. The van der Waals surface area contributed by atoms with E-state index in [2.05, 4.69) is 20.4 Å². The monoisotopic (exact) mass is 425 g/mol. The average Bonchev–Trinajstić information content (AvgIpc) is 3.16. The van der Waals surface area contributed by atoms with E-state index in [-0.39, 0.29) is 23.8 Å². The van der Waals surface area contributed by atoms with Gasteiger partial charge in [-0.3, -0.25) is 4.79 Å². The normalized spacial score (nSPS) is 11.6. The minimum Gasteiger partial charge on any atom is -0.345 e.